The zero-order chi connectivity index (χ0) is 16.2. The summed E-state index contributed by atoms with van der Waals surface area (Å²) in [6.45, 7) is 0.0473. The number of alkyl halides is 1. The number of anilines is 1. The standard InChI is InChI=1S/C17H18FN3OS/c1-21(2)17-19-8-6-14(20-17)16-10-12-4-5-13(11-15(12)23-16)22-9-3-7-18/h4-6,8,10-11H,3,7,9H2,1-2H3. The van der Waals surface area contributed by atoms with Crippen LogP contribution in [0.25, 0.3) is 20.7 Å². The van der Waals surface area contributed by atoms with Crippen LogP contribution in [0.4, 0.5) is 10.3 Å². The number of fused-ring (bicyclic) bond motifs is 1. The Morgan fingerprint density at radius 2 is 2.09 bits per heavy atom. The van der Waals surface area contributed by atoms with Gasteiger partial charge < -0.3 is 9.64 Å². The smallest absolute Gasteiger partial charge is 0.225 e. The van der Waals surface area contributed by atoms with E-state index in [1.54, 1.807) is 17.5 Å². The summed E-state index contributed by atoms with van der Waals surface area (Å²) in [5.41, 5.74) is 0.907. The van der Waals surface area contributed by atoms with Crippen LogP contribution in [0.5, 0.6) is 5.75 Å². The highest BCUT2D eigenvalue weighted by Crippen LogP contribution is 2.34. The molecule has 0 amide bonds. The molecule has 23 heavy (non-hydrogen) atoms. The number of halogens is 1. The van der Waals surface area contributed by atoms with Crippen molar-refractivity contribution in [1.29, 1.82) is 0 Å². The van der Waals surface area contributed by atoms with Gasteiger partial charge in [0.05, 0.1) is 23.9 Å². The zero-order valence-corrected chi connectivity index (χ0v) is 13.9. The van der Waals surface area contributed by atoms with E-state index in [2.05, 4.69) is 16.0 Å². The number of rotatable bonds is 6. The van der Waals surface area contributed by atoms with E-state index in [0.29, 0.717) is 19.0 Å². The number of nitrogens with zero attached hydrogens (tertiary/aromatic N) is 3. The summed E-state index contributed by atoms with van der Waals surface area (Å²) >= 11 is 1.66. The van der Waals surface area contributed by atoms with Crippen molar-refractivity contribution < 1.29 is 9.13 Å². The molecule has 0 aliphatic carbocycles. The maximum absolute atomic E-state index is 12.1. The summed E-state index contributed by atoms with van der Waals surface area (Å²) < 4.78 is 18.8. The van der Waals surface area contributed by atoms with Crippen LogP contribution in [0.1, 0.15) is 6.42 Å². The van der Waals surface area contributed by atoms with E-state index in [1.165, 1.54) is 0 Å². The van der Waals surface area contributed by atoms with E-state index in [9.17, 15) is 4.39 Å². The molecule has 4 nitrogen and oxygen atoms in total. The van der Waals surface area contributed by atoms with Crippen LogP contribution in [0.2, 0.25) is 0 Å². The molecular weight excluding hydrogens is 313 g/mol. The molecule has 2 heterocycles. The molecule has 0 radical (unpaired) electrons. The van der Waals surface area contributed by atoms with Gasteiger partial charge in [-0.3, -0.25) is 4.39 Å². The summed E-state index contributed by atoms with van der Waals surface area (Å²) in [4.78, 5) is 11.8. The van der Waals surface area contributed by atoms with Gasteiger partial charge in [0.15, 0.2) is 0 Å². The number of ether oxygens (including phenoxy) is 1. The summed E-state index contributed by atoms with van der Waals surface area (Å²) in [6.07, 6.45) is 2.19. The first-order chi connectivity index (χ1) is 11.2. The quantitative estimate of drug-likeness (QED) is 0.636. The predicted octanol–water partition coefficient (Wildman–Crippen LogP) is 4.16. The monoisotopic (exact) mass is 331 g/mol. The molecule has 0 saturated heterocycles. The van der Waals surface area contributed by atoms with Gasteiger partial charge >= 0.3 is 0 Å². The molecule has 120 valence electrons. The average Bonchev–Trinajstić information content (AvgIpc) is 2.98. The second kappa shape index (κ2) is 6.91. The van der Waals surface area contributed by atoms with E-state index in [1.807, 2.05) is 43.3 Å². The first-order valence-electron chi connectivity index (χ1n) is 7.40. The predicted molar refractivity (Wildman–Crippen MR) is 93.3 cm³/mol. The molecule has 3 aromatic rings. The summed E-state index contributed by atoms with van der Waals surface area (Å²) in [5, 5.41) is 1.15. The average molecular weight is 331 g/mol. The Bertz CT molecular complexity index is 803. The molecule has 6 heteroatoms. The lowest BCUT2D eigenvalue weighted by atomic mass is 10.2. The van der Waals surface area contributed by atoms with E-state index in [4.69, 9.17) is 4.74 Å². The minimum Gasteiger partial charge on any atom is -0.493 e. The highest BCUT2D eigenvalue weighted by Gasteiger charge is 2.09. The van der Waals surface area contributed by atoms with Crippen molar-refractivity contribution in [2.24, 2.45) is 0 Å². The van der Waals surface area contributed by atoms with E-state index in [-0.39, 0.29) is 6.67 Å². The Labute approximate surface area is 138 Å². The van der Waals surface area contributed by atoms with Crippen LogP contribution in [0.15, 0.2) is 36.5 Å². The summed E-state index contributed by atoms with van der Waals surface area (Å²) in [6, 6.07) is 9.97. The van der Waals surface area contributed by atoms with Crippen molar-refractivity contribution in [3.05, 3.63) is 36.5 Å². The Kier molecular flexibility index (Phi) is 4.71. The van der Waals surface area contributed by atoms with Gasteiger partial charge in [0.25, 0.3) is 0 Å². The Morgan fingerprint density at radius 3 is 2.87 bits per heavy atom. The van der Waals surface area contributed by atoms with Crippen molar-refractivity contribution in [3.63, 3.8) is 0 Å². The van der Waals surface area contributed by atoms with Gasteiger partial charge in [0.2, 0.25) is 5.95 Å². The van der Waals surface area contributed by atoms with Gasteiger partial charge in [-0.1, -0.05) is 0 Å². The van der Waals surface area contributed by atoms with Crippen molar-refractivity contribution >= 4 is 27.4 Å². The van der Waals surface area contributed by atoms with Crippen molar-refractivity contribution in [1.82, 2.24) is 9.97 Å². The minimum absolute atomic E-state index is 0.354. The van der Waals surface area contributed by atoms with Gasteiger partial charge in [-0.2, -0.15) is 0 Å². The fourth-order valence-electron chi connectivity index (χ4n) is 2.17. The topological polar surface area (TPSA) is 38.2 Å². The van der Waals surface area contributed by atoms with Gasteiger partial charge in [-0.25, -0.2) is 9.97 Å². The third-order valence-electron chi connectivity index (χ3n) is 3.33. The number of hydrogen-bond donors (Lipinski definition) is 0. The highest BCUT2D eigenvalue weighted by molar-refractivity contribution is 7.22. The molecule has 0 fully saturated rings. The molecule has 0 bridgehead atoms. The normalized spacial score (nSPS) is 10.9. The first kappa shape index (κ1) is 15.7. The Balaban J connectivity index is 1.89. The SMILES string of the molecule is CN(C)c1nccc(-c2cc3ccc(OCCCF)cc3s2)n1. The summed E-state index contributed by atoms with van der Waals surface area (Å²) in [5.74, 6) is 1.46. The number of benzene rings is 1. The van der Waals surface area contributed by atoms with Crippen LogP contribution < -0.4 is 9.64 Å². The van der Waals surface area contributed by atoms with E-state index < -0.39 is 0 Å². The van der Waals surface area contributed by atoms with Crippen LogP contribution in [0, 0.1) is 0 Å². The fraction of sp³-hybridized carbons (Fsp3) is 0.294. The van der Waals surface area contributed by atoms with Gasteiger partial charge in [0.1, 0.15) is 5.75 Å². The van der Waals surface area contributed by atoms with E-state index >= 15 is 0 Å². The molecule has 0 aliphatic rings. The molecule has 0 spiro atoms. The van der Waals surface area contributed by atoms with Crippen LogP contribution in [-0.4, -0.2) is 37.3 Å². The third kappa shape index (κ3) is 3.59. The molecule has 2 aromatic heterocycles. The van der Waals surface area contributed by atoms with Crippen molar-refractivity contribution in [2.75, 3.05) is 32.3 Å². The van der Waals surface area contributed by atoms with Crippen molar-refractivity contribution in [2.45, 2.75) is 6.42 Å². The number of thiophene rings is 1. The Morgan fingerprint density at radius 1 is 1.22 bits per heavy atom. The molecule has 0 atom stereocenters. The van der Waals surface area contributed by atoms with Crippen molar-refractivity contribution in [3.8, 4) is 16.3 Å². The second-order valence-corrected chi connectivity index (χ2v) is 6.42. The molecule has 0 unspecified atom stereocenters. The molecule has 0 aliphatic heterocycles. The number of hydrogen-bond acceptors (Lipinski definition) is 5. The van der Waals surface area contributed by atoms with Gasteiger partial charge in [0, 0.05) is 31.4 Å². The van der Waals surface area contributed by atoms with E-state index in [0.717, 1.165) is 26.4 Å². The van der Waals surface area contributed by atoms with Crippen LogP contribution in [-0.2, 0) is 0 Å². The molecular formula is C17H18FN3OS. The second-order valence-electron chi connectivity index (χ2n) is 5.34. The third-order valence-corrected chi connectivity index (χ3v) is 4.45. The maximum Gasteiger partial charge on any atom is 0.225 e. The maximum atomic E-state index is 12.1. The van der Waals surface area contributed by atoms with Gasteiger partial charge in [-0.05, 0) is 35.7 Å². The lowest BCUT2D eigenvalue weighted by Gasteiger charge is -2.09. The largest absolute Gasteiger partial charge is 0.493 e. The Hall–Kier alpha value is -2.21. The summed E-state index contributed by atoms with van der Waals surface area (Å²) in [7, 11) is 3.84. The number of aromatic nitrogens is 2. The molecule has 0 N–H and O–H groups in total. The lowest BCUT2D eigenvalue weighted by molar-refractivity contribution is 0.290. The van der Waals surface area contributed by atoms with Crippen LogP contribution in [0.3, 0.4) is 0 Å². The minimum atomic E-state index is -0.354. The molecule has 3 rings (SSSR count). The van der Waals surface area contributed by atoms with Gasteiger partial charge in [-0.15, -0.1) is 11.3 Å². The first-order valence-corrected chi connectivity index (χ1v) is 8.22. The lowest BCUT2D eigenvalue weighted by Crippen LogP contribution is -2.12. The highest BCUT2D eigenvalue weighted by atomic mass is 32.1. The molecule has 0 saturated carbocycles. The molecule has 1 aromatic carbocycles. The zero-order valence-electron chi connectivity index (χ0n) is 13.1. The van der Waals surface area contributed by atoms with Crippen LogP contribution >= 0.6 is 11.3 Å². The fourth-order valence-corrected chi connectivity index (χ4v) is 3.23.